The molecule has 0 fully saturated rings. The summed E-state index contributed by atoms with van der Waals surface area (Å²) in [5.74, 6) is 6.47. The van der Waals surface area contributed by atoms with Crippen LogP contribution in [-0.2, 0) is 9.59 Å². The number of fused-ring (bicyclic) bond motifs is 1. The molecule has 8 heteroatoms. The number of hydrogen-bond donors (Lipinski definition) is 2. The number of pyridine rings is 1. The molecular weight excluding hydrogens is 384 g/mol. The number of nitrogens with two attached hydrogens (primary N) is 2. The fourth-order valence-electron chi connectivity index (χ4n) is 3.02. The van der Waals surface area contributed by atoms with E-state index in [4.69, 9.17) is 21.1 Å². The minimum Gasteiger partial charge on any atom is -0.490 e. The highest BCUT2D eigenvalue weighted by Crippen LogP contribution is 2.33. The molecule has 2 aromatic carbocycles. The van der Waals surface area contributed by atoms with Crippen LogP contribution in [0.3, 0.4) is 0 Å². The van der Waals surface area contributed by atoms with Crippen LogP contribution in [0.25, 0.3) is 10.8 Å². The number of primary amides is 1. The molecule has 30 heavy (non-hydrogen) atoms. The van der Waals surface area contributed by atoms with Gasteiger partial charge in [0, 0.05) is 17.8 Å². The molecule has 0 saturated heterocycles. The van der Waals surface area contributed by atoms with Gasteiger partial charge in [0.2, 0.25) is 0 Å². The third-order valence-corrected chi connectivity index (χ3v) is 4.66. The maximum atomic E-state index is 11.9. The number of hydrogen-bond acceptors (Lipinski definition) is 7. The Kier molecular flexibility index (Phi) is 6.48. The maximum absolute atomic E-state index is 11.9. The summed E-state index contributed by atoms with van der Waals surface area (Å²) in [6.07, 6.45) is 3.39. The van der Waals surface area contributed by atoms with Gasteiger partial charge in [-0.25, -0.2) is 5.84 Å². The summed E-state index contributed by atoms with van der Waals surface area (Å²) in [6.45, 7) is 3.75. The molecule has 0 spiro atoms. The maximum Gasteiger partial charge on any atom is 0.258 e. The lowest BCUT2D eigenvalue weighted by atomic mass is 10.1. The lowest BCUT2D eigenvalue weighted by Gasteiger charge is -2.26. The standard InChI is InChI=1S/C22H24N4O4/c1-3-29-21-11-16(5-7-20(21)30-14(2)22(23)28)19(13-27)26(24)18-6-4-17-12-25-9-8-15(17)10-18/h4-14,19H,3,24H2,1-2H3,(H2,23,28). The molecule has 3 rings (SSSR count). The number of carbonyl (C=O) groups is 2. The normalized spacial score (nSPS) is 12.8. The van der Waals surface area contributed by atoms with Gasteiger partial charge < -0.3 is 20.0 Å². The molecule has 3 aromatic rings. The molecule has 156 valence electrons. The second-order valence-electron chi connectivity index (χ2n) is 6.70. The zero-order valence-corrected chi connectivity index (χ0v) is 16.8. The van der Waals surface area contributed by atoms with E-state index in [1.54, 1.807) is 37.5 Å². The van der Waals surface area contributed by atoms with Crippen molar-refractivity contribution >= 4 is 28.7 Å². The van der Waals surface area contributed by atoms with E-state index >= 15 is 0 Å². The van der Waals surface area contributed by atoms with E-state index in [9.17, 15) is 9.59 Å². The number of anilines is 1. The molecule has 0 radical (unpaired) electrons. The molecule has 4 N–H and O–H groups in total. The van der Waals surface area contributed by atoms with Crippen LogP contribution < -0.4 is 26.1 Å². The van der Waals surface area contributed by atoms with Crippen molar-refractivity contribution in [3.05, 3.63) is 60.4 Å². The molecule has 1 amide bonds. The Bertz CT molecular complexity index is 1060. The minimum atomic E-state index is -0.824. The summed E-state index contributed by atoms with van der Waals surface area (Å²) in [7, 11) is 0. The van der Waals surface area contributed by atoms with E-state index in [1.165, 1.54) is 5.01 Å². The molecule has 0 bridgehead atoms. The monoisotopic (exact) mass is 408 g/mol. The first-order valence-corrected chi connectivity index (χ1v) is 9.50. The Morgan fingerprint density at radius 2 is 1.97 bits per heavy atom. The van der Waals surface area contributed by atoms with Gasteiger partial charge in [0.15, 0.2) is 17.6 Å². The van der Waals surface area contributed by atoms with Gasteiger partial charge in [0.25, 0.3) is 5.91 Å². The van der Waals surface area contributed by atoms with Crippen molar-refractivity contribution in [2.24, 2.45) is 11.6 Å². The van der Waals surface area contributed by atoms with Crippen molar-refractivity contribution in [3.8, 4) is 11.5 Å². The van der Waals surface area contributed by atoms with Crippen LogP contribution in [0, 0.1) is 0 Å². The quantitative estimate of drug-likeness (QED) is 0.317. The summed E-state index contributed by atoms with van der Waals surface area (Å²) in [4.78, 5) is 27.4. The van der Waals surface area contributed by atoms with E-state index < -0.39 is 18.1 Å². The fourth-order valence-corrected chi connectivity index (χ4v) is 3.02. The third-order valence-electron chi connectivity index (χ3n) is 4.66. The van der Waals surface area contributed by atoms with Crippen LogP contribution in [0.15, 0.2) is 54.9 Å². The van der Waals surface area contributed by atoms with Gasteiger partial charge in [-0.2, -0.15) is 0 Å². The molecule has 2 unspecified atom stereocenters. The minimum absolute atomic E-state index is 0.360. The van der Waals surface area contributed by atoms with E-state index in [0.717, 1.165) is 17.1 Å². The average molecular weight is 408 g/mol. The van der Waals surface area contributed by atoms with Crippen molar-refractivity contribution in [2.45, 2.75) is 26.0 Å². The van der Waals surface area contributed by atoms with Crippen molar-refractivity contribution in [3.63, 3.8) is 0 Å². The van der Waals surface area contributed by atoms with Gasteiger partial charge in [-0.3, -0.25) is 14.8 Å². The van der Waals surface area contributed by atoms with E-state index in [-0.39, 0.29) is 0 Å². The Labute approximate surface area is 174 Å². The second kappa shape index (κ2) is 9.23. The summed E-state index contributed by atoms with van der Waals surface area (Å²) >= 11 is 0. The number of nitrogens with zero attached hydrogens (tertiary/aromatic N) is 2. The van der Waals surface area contributed by atoms with Gasteiger partial charge in [-0.05, 0) is 55.1 Å². The number of rotatable bonds is 9. The molecule has 0 aliphatic carbocycles. The number of carbonyl (C=O) groups excluding carboxylic acids is 2. The number of benzene rings is 2. The van der Waals surface area contributed by atoms with Crippen molar-refractivity contribution in [1.82, 2.24) is 4.98 Å². The summed E-state index contributed by atoms with van der Waals surface area (Å²) in [5, 5.41) is 3.33. The predicted octanol–water partition coefficient (Wildman–Crippen LogP) is 2.51. The first-order valence-electron chi connectivity index (χ1n) is 9.50. The van der Waals surface area contributed by atoms with Gasteiger partial charge >= 0.3 is 0 Å². The van der Waals surface area contributed by atoms with Crippen LogP contribution in [0.1, 0.15) is 25.5 Å². The van der Waals surface area contributed by atoms with Crippen molar-refractivity contribution in [2.75, 3.05) is 11.6 Å². The Morgan fingerprint density at radius 3 is 2.67 bits per heavy atom. The molecule has 2 atom stereocenters. The number of amides is 1. The molecule has 0 saturated carbocycles. The predicted molar refractivity (Wildman–Crippen MR) is 114 cm³/mol. The molecule has 1 aromatic heterocycles. The van der Waals surface area contributed by atoms with Crippen LogP contribution in [0.2, 0.25) is 0 Å². The topological polar surface area (TPSA) is 121 Å². The van der Waals surface area contributed by atoms with Gasteiger partial charge in [0.1, 0.15) is 12.3 Å². The molecule has 0 aliphatic heterocycles. The summed E-state index contributed by atoms with van der Waals surface area (Å²) in [6, 6.07) is 11.8. The molecule has 1 heterocycles. The van der Waals surface area contributed by atoms with Crippen LogP contribution in [0.4, 0.5) is 5.69 Å². The van der Waals surface area contributed by atoms with Crippen molar-refractivity contribution < 1.29 is 19.1 Å². The number of hydrazine groups is 1. The first kappa shape index (κ1) is 21.1. The smallest absolute Gasteiger partial charge is 0.258 e. The third kappa shape index (κ3) is 4.49. The lowest BCUT2D eigenvalue weighted by molar-refractivity contribution is -0.124. The van der Waals surface area contributed by atoms with E-state index in [1.807, 2.05) is 31.2 Å². The zero-order chi connectivity index (χ0) is 21.7. The summed E-state index contributed by atoms with van der Waals surface area (Å²) < 4.78 is 11.2. The average Bonchev–Trinajstić information content (AvgIpc) is 2.75. The van der Waals surface area contributed by atoms with Gasteiger partial charge in [-0.15, -0.1) is 0 Å². The Hall–Kier alpha value is -3.65. The molecule has 8 nitrogen and oxygen atoms in total. The van der Waals surface area contributed by atoms with E-state index in [0.29, 0.717) is 29.4 Å². The van der Waals surface area contributed by atoms with Crippen molar-refractivity contribution in [1.29, 1.82) is 0 Å². The molecular formula is C22H24N4O4. The number of aldehydes is 1. The highest BCUT2D eigenvalue weighted by molar-refractivity contribution is 5.85. The van der Waals surface area contributed by atoms with Crippen LogP contribution in [-0.4, -0.2) is 29.9 Å². The zero-order valence-electron chi connectivity index (χ0n) is 16.8. The van der Waals surface area contributed by atoms with E-state index in [2.05, 4.69) is 4.98 Å². The highest BCUT2D eigenvalue weighted by atomic mass is 16.5. The number of ether oxygens (including phenoxy) is 2. The SMILES string of the molecule is CCOc1cc(C(C=O)N(N)c2ccc3cnccc3c2)ccc1OC(C)C(N)=O. The van der Waals surface area contributed by atoms with Crippen LogP contribution in [0.5, 0.6) is 11.5 Å². The lowest BCUT2D eigenvalue weighted by Crippen LogP contribution is -2.36. The van der Waals surface area contributed by atoms with Gasteiger partial charge in [-0.1, -0.05) is 12.1 Å². The second-order valence-corrected chi connectivity index (χ2v) is 6.70. The van der Waals surface area contributed by atoms with Crippen LogP contribution >= 0.6 is 0 Å². The van der Waals surface area contributed by atoms with Gasteiger partial charge in [0.05, 0.1) is 12.3 Å². The largest absolute Gasteiger partial charge is 0.490 e. The first-order chi connectivity index (χ1) is 14.4. The number of aromatic nitrogens is 1. The Balaban J connectivity index is 1.93. The fraction of sp³-hybridized carbons (Fsp3) is 0.227. The Morgan fingerprint density at radius 1 is 1.17 bits per heavy atom. The summed E-state index contributed by atoms with van der Waals surface area (Å²) in [5.41, 5.74) is 6.56. The highest BCUT2D eigenvalue weighted by Gasteiger charge is 2.21. The molecule has 0 aliphatic rings.